The zero-order chi connectivity index (χ0) is 19.2. The van der Waals surface area contributed by atoms with Gasteiger partial charge < -0.3 is 10.1 Å². The lowest BCUT2D eigenvalue weighted by molar-refractivity contribution is -0.119. The molecule has 27 heavy (non-hydrogen) atoms. The summed E-state index contributed by atoms with van der Waals surface area (Å²) in [6.07, 6.45) is 3.79. The topological polar surface area (TPSA) is 86.1 Å². The van der Waals surface area contributed by atoms with Crippen molar-refractivity contribution in [1.29, 1.82) is 0 Å². The van der Waals surface area contributed by atoms with E-state index in [9.17, 15) is 9.59 Å². The zero-order valence-electron chi connectivity index (χ0n) is 15.2. The Kier molecular flexibility index (Phi) is 5.61. The van der Waals surface area contributed by atoms with E-state index in [2.05, 4.69) is 15.4 Å². The summed E-state index contributed by atoms with van der Waals surface area (Å²) in [6, 6.07) is 12.5. The number of nitrogens with one attached hydrogen (secondary N) is 1. The van der Waals surface area contributed by atoms with Gasteiger partial charge >= 0.3 is 5.97 Å². The summed E-state index contributed by atoms with van der Waals surface area (Å²) in [5.74, 6) is -0.928. The highest BCUT2D eigenvalue weighted by Crippen LogP contribution is 2.21. The van der Waals surface area contributed by atoms with Gasteiger partial charge in [-0.3, -0.25) is 4.79 Å². The molecule has 0 radical (unpaired) electrons. The van der Waals surface area contributed by atoms with Gasteiger partial charge in [0.25, 0.3) is 5.91 Å². The SMILES string of the molecule is CCc1cccc(C)c1NC(=O)COC(=O)c1ccc(-n2cncn2)cc1. The number of ether oxygens (including phenoxy) is 1. The average Bonchev–Trinajstić information content (AvgIpc) is 3.22. The monoisotopic (exact) mass is 364 g/mol. The van der Waals surface area contributed by atoms with Gasteiger partial charge in [0.1, 0.15) is 12.7 Å². The summed E-state index contributed by atoms with van der Waals surface area (Å²) in [7, 11) is 0. The van der Waals surface area contributed by atoms with Crippen LogP contribution in [0.4, 0.5) is 5.69 Å². The first kappa shape index (κ1) is 18.3. The first-order valence-electron chi connectivity index (χ1n) is 8.59. The van der Waals surface area contributed by atoms with Gasteiger partial charge in [-0.15, -0.1) is 0 Å². The zero-order valence-corrected chi connectivity index (χ0v) is 15.2. The van der Waals surface area contributed by atoms with E-state index < -0.39 is 5.97 Å². The van der Waals surface area contributed by atoms with Crippen LogP contribution >= 0.6 is 0 Å². The van der Waals surface area contributed by atoms with Crippen molar-refractivity contribution >= 4 is 17.6 Å². The minimum absolute atomic E-state index is 0.346. The molecule has 0 fully saturated rings. The van der Waals surface area contributed by atoms with Crippen LogP contribution in [0, 0.1) is 6.92 Å². The van der Waals surface area contributed by atoms with Gasteiger partial charge in [0.2, 0.25) is 0 Å². The van der Waals surface area contributed by atoms with Crippen LogP contribution in [0.25, 0.3) is 5.69 Å². The van der Waals surface area contributed by atoms with Crippen molar-refractivity contribution in [3.05, 3.63) is 71.8 Å². The molecule has 0 bridgehead atoms. The van der Waals surface area contributed by atoms with Crippen LogP contribution in [0.1, 0.15) is 28.4 Å². The van der Waals surface area contributed by atoms with Crippen LogP contribution in [-0.4, -0.2) is 33.2 Å². The summed E-state index contributed by atoms with van der Waals surface area (Å²) in [5.41, 5.74) is 3.92. The highest BCUT2D eigenvalue weighted by atomic mass is 16.5. The Morgan fingerprint density at radius 3 is 2.59 bits per heavy atom. The van der Waals surface area contributed by atoms with E-state index in [0.29, 0.717) is 5.56 Å². The summed E-state index contributed by atoms with van der Waals surface area (Å²) >= 11 is 0. The van der Waals surface area contributed by atoms with Gasteiger partial charge in [-0.1, -0.05) is 25.1 Å². The predicted octanol–water partition coefficient (Wildman–Crippen LogP) is 2.93. The lowest BCUT2D eigenvalue weighted by Gasteiger charge is -2.13. The number of para-hydroxylation sites is 1. The van der Waals surface area contributed by atoms with Crippen LogP contribution in [0.3, 0.4) is 0 Å². The fraction of sp³-hybridized carbons (Fsp3) is 0.200. The second kappa shape index (κ2) is 8.27. The minimum Gasteiger partial charge on any atom is -0.452 e. The van der Waals surface area contributed by atoms with Gasteiger partial charge in [-0.25, -0.2) is 14.5 Å². The third-order valence-corrected chi connectivity index (χ3v) is 4.13. The number of amides is 1. The summed E-state index contributed by atoms with van der Waals surface area (Å²) in [5, 5.41) is 6.85. The Hall–Kier alpha value is -3.48. The maximum absolute atomic E-state index is 12.2. The van der Waals surface area contributed by atoms with Crippen molar-refractivity contribution in [3.63, 3.8) is 0 Å². The van der Waals surface area contributed by atoms with Gasteiger partial charge in [0, 0.05) is 5.69 Å². The highest BCUT2D eigenvalue weighted by Gasteiger charge is 2.13. The molecule has 0 aliphatic rings. The molecule has 2 aromatic carbocycles. The van der Waals surface area contributed by atoms with Gasteiger partial charge in [0.15, 0.2) is 6.61 Å². The number of esters is 1. The Labute approximate surface area is 157 Å². The van der Waals surface area contributed by atoms with E-state index in [1.807, 2.05) is 32.0 Å². The molecular weight excluding hydrogens is 344 g/mol. The molecule has 0 aliphatic heterocycles. The second-order valence-electron chi connectivity index (χ2n) is 5.97. The second-order valence-corrected chi connectivity index (χ2v) is 5.97. The number of hydrogen-bond donors (Lipinski definition) is 1. The van der Waals surface area contributed by atoms with Gasteiger partial charge in [-0.05, 0) is 48.7 Å². The van der Waals surface area contributed by atoms with Gasteiger partial charge in [-0.2, -0.15) is 5.10 Å². The van der Waals surface area contributed by atoms with Crippen molar-refractivity contribution in [1.82, 2.24) is 14.8 Å². The van der Waals surface area contributed by atoms with Crippen LogP contribution in [-0.2, 0) is 16.0 Å². The smallest absolute Gasteiger partial charge is 0.338 e. The van der Waals surface area contributed by atoms with Crippen molar-refractivity contribution in [2.45, 2.75) is 20.3 Å². The molecular formula is C20H20N4O3. The van der Waals surface area contributed by atoms with E-state index in [1.165, 1.54) is 6.33 Å². The summed E-state index contributed by atoms with van der Waals surface area (Å²) < 4.78 is 6.70. The Morgan fingerprint density at radius 2 is 1.93 bits per heavy atom. The summed E-state index contributed by atoms with van der Waals surface area (Å²) in [4.78, 5) is 28.2. The molecule has 0 spiro atoms. The minimum atomic E-state index is -0.559. The molecule has 3 rings (SSSR count). The highest BCUT2D eigenvalue weighted by molar-refractivity contribution is 5.96. The van der Waals surface area contributed by atoms with E-state index in [-0.39, 0.29) is 12.5 Å². The van der Waals surface area contributed by atoms with Crippen LogP contribution in [0.2, 0.25) is 0 Å². The van der Waals surface area contributed by atoms with Crippen LogP contribution in [0.15, 0.2) is 55.1 Å². The van der Waals surface area contributed by atoms with E-state index in [0.717, 1.165) is 28.9 Å². The molecule has 138 valence electrons. The van der Waals surface area contributed by atoms with E-state index in [4.69, 9.17) is 4.74 Å². The molecule has 0 saturated carbocycles. The Bertz CT molecular complexity index is 934. The molecule has 1 heterocycles. The number of carbonyl (C=O) groups excluding carboxylic acids is 2. The predicted molar refractivity (Wildman–Crippen MR) is 101 cm³/mol. The molecule has 0 aliphatic carbocycles. The molecule has 0 unspecified atom stereocenters. The van der Waals surface area contributed by atoms with Crippen molar-refractivity contribution in [2.24, 2.45) is 0 Å². The fourth-order valence-corrected chi connectivity index (χ4v) is 2.68. The number of aryl methyl sites for hydroxylation is 2. The molecule has 0 atom stereocenters. The fourth-order valence-electron chi connectivity index (χ4n) is 2.68. The van der Waals surface area contributed by atoms with Crippen molar-refractivity contribution in [3.8, 4) is 5.69 Å². The average molecular weight is 364 g/mol. The van der Waals surface area contributed by atoms with Crippen LogP contribution < -0.4 is 5.32 Å². The maximum atomic E-state index is 12.2. The standard InChI is InChI=1S/C20H20N4O3/c1-3-15-6-4-5-14(2)19(15)23-18(25)11-27-20(26)16-7-9-17(10-8-16)24-13-21-12-22-24/h4-10,12-13H,3,11H2,1-2H3,(H,23,25). The largest absolute Gasteiger partial charge is 0.452 e. The Balaban J connectivity index is 1.58. The number of aromatic nitrogens is 3. The molecule has 1 N–H and O–H groups in total. The van der Waals surface area contributed by atoms with Crippen LogP contribution in [0.5, 0.6) is 0 Å². The Morgan fingerprint density at radius 1 is 1.15 bits per heavy atom. The number of carbonyl (C=O) groups is 2. The first-order chi connectivity index (χ1) is 13.1. The number of anilines is 1. The third-order valence-electron chi connectivity index (χ3n) is 4.13. The quantitative estimate of drug-likeness (QED) is 0.680. The molecule has 1 amide bonds. The number of rotatable bonds is 6. The third kappa shape index (κ3) is 4.38. The molecule has 0 saturated heterocycles. The molecule has 7 nitrogen and oxygen atoms in total. The number of hydrogen-bond acceptors (Lipinski definition) is 5. The normalized spacial score (nSPS) is 10.4. The lowest BCUT2D eigenvalue weighted by Crippen LogP contribution is -2.22. The van der Waals surface area contributed by atoms with Crippen molar-refractivity contribution < 1.29 is 14.3 Å². The van der Waals surface area contributed by atoms with Crippen molar-refractivity contribution in [2.75, 3.05) is 11.9 Å². The molecule has 3 aromatic rings. The van der Waals surface area contributed by atoms with E-state index in [1.54, 1.807) is 35.3 Å². The lowest BCUT2D eigenvalue weighted by atomic mass is 10.1. The number of nitrogens with zero attached hydrogens (tertiary/aromatic N) is 3. The van der Waals surface area contributed by atoms with Gasteiger partial charge in [0.05, 0.1) is 11.3 Å². The first-order valence-corrected chi connectivity index (χ1v) is 8.59. The maximum Gasteiger partial charge on any atom is 0.338 e. The number of benzene rings is 2. The molecule has 7 heteroatoms. The van der Waals surface area contributed by atoms with E-state index >= 15 is 0 Å². The molecule has 1 aromatic heterocycles. The summed E-state index contributed by atoms with van der Waals surface area (Å²) in [6.45, 7) is 3.60.